The van der Waals surface area contributed by atoms with E-state index in [1.807, 2.05) is 20.8 Å². The number of amides is 1. The van der Waals surface area contributed by atoms with E-state index in [2.05, 4.69) is 10.6 Å². The summed E-state index contributed by atoms with van der Waals surface area (Å²) in [5, 5.41) is 33.1. The fourth-order valence-corrected chi connectivity index (χ4v) is 2.88. The molecule has 0 bridgehead atoms. The summed E-state index contributed by atoms with van der Waals surface area (Å²) in [4.78, 5) is 23.9. The van der Waals surface area contributed by atoms with Gasteiger partial charge in [0.15, 0.2) is 0 Å². The zero-order valence-electron chi connectivity index (χ0n) is 14.7. The molecule has 7 N–H and O–H groups in total. The van der Waals surface area contributed by atoms with Crippen molar-refractivity contribution in [3.05, 3.63) is 0 Å². The molecule has 1 aliphatic rings. The van der Waals surface area contributed by atoms with Crippen molar-refractivity contribution in [3.63, 3.8) is 0 Å². The molecule has 9 heteroatoms. The molecule has 0 aromatic carbocycles. The average Bonchev–Trinajstić information content (AvgIpc) is 2.86. The highest BCUT2D eigenvalue weighted by atomic mass is 16.4. The highest BCUT2D eigenvalue weighted by Gasteiger charge is 2.45. The van der Waals surface area contributed by atoms with Gasteiger partial charge in [-0.05, 0) is 24.6 Å². The molecular weight excluding hydrogens is 313 g/mol. The van der Waals surface area contributed by atoms with Crippen LogP contribution in [0.3, 0.4) is 0 Å². The summed E-state index contributed by atoms with van der Waals surface area (Å²) < 4.78 is 0. The van der Waals surface area contributed by atoms with E-state index in [1.165, 1.54) is 0 Å². The van der Waals surface area contributed by atoms with Crippen LogP contribution in [0.5, 0.6) is 0 Å². The Morgan fingerprint density at radius 2 is 2.00 bits per heavy atom. The lowest BCUT2D eigenvalue weighted by Crippen LogP contribution is -2.52. The van der Waals surface area contributed by atoms with Crippen LogP contribution in [0.2, 0.25) is 6.32 Å². The zero-order valence-corrected chi connectivity index (χ0v) is 14.7. The summed E-state index contributed by atoms with van der Waals surface area (Å²) in [5.41, 5.74) is 4.47. The first-order chi connectivity index (χ1) is 11.0. The van der Waals surface area contributed by atoms with Crippen molar-refractivity contribution in [2.45, 2.75) is 70.4 Å². The molecule has 0 aromatic heterocycles. The van der Waals surface area contributed by atoms with Crippen molar-refractivity contribution in [1.29, 1.82) is 0 Å². The minimum Gasteiger partial charge on any atom is -0.480 e. The van der Waals surface area contributed by atoms with Crippen molar-refractivity contribution < 1.29 is 24.7 Å². The fraction of sp³-hybridized carbons (Fsp3) is 0.867. The molecule has 1 saturated heterocycles. The van der Waals surface area contributed by atoms with Crippen LogP contribution in [0, 0.1) is 5.41 Å². The van der Waals surface area contributed by atoms with Gasteiger partial charge >= 0.3 is 13.1 Å². The molecular formula is C15H30BN3O5. The van der Waals surface area contributed by atoms with Gasteiger partial charge in [0, 0.05) is 12.6 Å². The summed E-state index contributed by atoms with van der Waals surface area (Å²) in [5.74, 6) is -1.23. The van der Waals surface area contributed by atoms with Crippen molar-refractivity contribution in [3.8, 4) is 0 Å². The number of unbranched alkanes of at least 4 members (excludes halogenated alkanes) is 1. The molecule has 0 radical (unpaired) electrons. The molecule has 1 amide bonds. The molecule has 1 fully saturated rings. The second-order valence-corrected chi connectivity index (χ2v) is 7.75. The van der Waals surface area contributed by atoms with E-state index < -0.39 is 24.7 Å². The maximum Gasteiger partial charge on any atom is 0.451 e. The Hall–Kier alpha value is -1.16. The maximum absolute atomic E-state index is 12.2. The number of carboxylic acids is 1. The van der Waals surface area contributed by atoms with Crippen molar-refractivity contribution >= 4 is 19.0 Å². The lowest BCUT2D eigenvalue weighted by molar-refractivity contribution is -0.144. The van der Waals surface area contributed by atoms with E-state index in [-0.39, 0.29) is 30.1 Å². The summed E-state index contributed by atoms with van der Waals surface area (Å²) in [7, 11) is -1.37. The summed E-state index contributed by atoms with van der Waals surface area (Å²) in [6, 6.07) is -0.950. The van der Waals surface area contributed by atoms with Gasteiger partial charge in [0.2, 0.25) is 5.91 Å². The van der Waals surface area contributed by atoms with E-state index in [0.29, 0.717) is 25.8 Å². The Morgan fingerprint density at radius 1 is 1.38 bits per heavy atom. The number of carboxylic acid groups (broad SMARTS) is 1. The first-order valence-corrected chi connectivity index (χ1v) is 8.38. The van der Waals surface area contributed by atoms with Gasteiger partial charge in [-0.25, -0.2) is 0 Å². The smallest absolute Gasteiger partial charge is 0.451 e. The second kappa shape index (κ2) is 8.29. The predicted octanol–water partition coefficient (Wildman–Crippen LogP) is -0.696. The first-order valence-electron chi connectivity index (χ1n) is 8.38. The van der Waals surface area contributed by atoms with Crippen molar-refractivity contribution in [2.75, 3.05) is 6.54 Å². The topological polar surface area (TPSA) is 145 Å². The van der Waals surface area contributed by atoms with Crippen LogP contribution in [0.4, 0.5) is 0 Å². The summed E-state index contributed by atoms with van der Waals surface area (Å²) in [6.45, 7) is 6.00. The number of rotatable bonds is 8. The van der Waals surface area contributed by atoms with Gasteiger partial charge in [-0.15, -0.1) is 0 Å². The highest BCUT2D eigenvalue weighted by molar-refractivity contribution is 6.40. The number of nitrogens with one attached hydrogen (secondary N) is 2. The second-order valence-electron chi connectivity index (χ2n) is 7.75. The van der Waals surface area contributed by atoms with Crippen LogP contribution in [0.1, 0.15) is 46.5 Å². The Bertz CT molecular complexity index is 455. The van der Waals surface area contributed by atoms with Gasteiger partial charge in [0.05, 0.1) is 6.04 Å². The zero-order chi connectivity index (χ0) is 18.5. The van der Waals surface area contributed by atoms with E-state index in [1.54, 1.807) is 0 Å². The van der Waals surface area contributed by atoms with E-state index in [0.717, 1.165) is 0 Å². The molecule has 24 heavy (non-hydrogen) atoms. The molecule has 1 rings (SSSR count). The van der Waals surface area contributed by atoms with Crippen LogP contribution in [-0.4, -0.2) is 58.3 Å². The lowest BCUT2D eigenvalue weighted by Gasteiger charge is -2.28. The number of carbonyl (C=O) groups is 2. The number of hydrogen-bond donors (Lipinski definition) is 6. The Labute approximate surface area is 143 Å². The molecule has 1 unspecified atom stereocenters. The van der Waals surface area contributed by atoms with E-state index >= 15 is 0 Å². The van der Waals surface area contributed by atoms with Gasteiger partial charge in [-0.3, -0.25) is 14.9 Å². The molecule has 0 saturated carbocycles. The van der Waals surface area contributed by atoms with Crippen LogP contribution >= 0.6 is 0 Å². The molecule has 3 atom stereocenters. The third kappa shape index (κ3) is 5.73. The number of aliphatic carboxylic acids is 1. The standard InChI is InChI=1S/C15H30BN3O5/c1-14(2,3)11(17)12(20)19-10-8-15(13(21)22,18-9-10)6-4-5-7-16(23)24/h10-11,18,23-24H,4-9,17H2,1-3H3,(H,19,20)(H,21,22)/t10-,11?,15-/m1/s1. The normalized spacial score (nSPS) is 25.3. The molecule has 8 nitrogen and oxygen atoms in total. The fourth-order valence-electron chi connectivity index (χ4n) is 2.88. The highest BCUT2D eigenvalue weighted by Crippen LogP contribution is 2.27. The monoisotopic (exact) mass is 343 g/mol. The van der Waals surface area contributed by atoms with Gasteiger partial charge in [0.25, 0.3) is 0 Å². The van der Waals surface area contributed by atoms with Gasteiger partial charge < -0.3 is 26.2 Å². The minimum atomic E-state index is -1.37. The third-order valence-corrected chi connectivity index (χ3v) is 4.57. The molecule has 138 valence electrons. The molecule has 0 aromatic rings. The maximum atomic E-state index is 12.2. The van der Waals surface area contributed by atoms with Crippen LogP contribution in [0.25, 0.3) is 0 Å². The lowest BCUT2D eigenvalue weighted by atomic mass is 9.81. The molecule has 1 aliphatic heterocycles. The molecule has 1 heterocycles. The number of carbonyl (C=O) groups excluding carboxylic acids is 1. The Kier molecular flexibility index (Phi) is 7.21. The van der Waals surface area contributed by atoms with Crippen LogP contribution in [0.15, 0.2) is 0 Å². The number of hydrogen-bond acceptors (Lipinski definition) is 6. The van der Waals surface area contributed by atoms with Crippen molar-refractivity contribution in [2.24, 2.45) is 11.1 Å². The van der Waals surface area contributed by atoms with Gasteiger partial charge in [-0.2, -0.15) is 0 Å². The van der Waals surface area contributed by atoms with Gasteiger partial charge in [0.1, 0.15) is 5.54 Å². The third-order valence-electron chi connectivity index (χ3n) is 4.57. The van der Waals surface area contributed by atoms with E-state index in [4.69, 9.17) is 15.8 Å². The average molecular weight is 343 g/mol. The Morgan fingerprint density at radius 3 is 2.50 bits per heavy atom. The largest absolute Gasteiger partial charge is 0.480 e. The quantitative estimate of drug-likeness (QED) is 0.253. The first kappa shape index (κ1) is 20.9. The Balaban J connectivity index is 2.58. The number of nitrogens with two attached hydrogens (primary N) is 1. The summed E-state index contributed by atoms with van der Waals surface area (Å²) in [6.07, 6.45) is 1.95. The van der Waals surface area contributed by atoms with E-state index in [9.17, 15) is 14.7 Å². The van der Waals surface area contributed by atoms with Gasteiger partial charge in [-0.1, -0.05) is 33.6 Å². The molecule has 0 aliphatic carbocycles. The van der Waals surface area contributed by atoms with Crippen LogP contribution < -0.4 is 16.4 Å². The predicted molar refractivity (Wildman–Crippen MR) is 91.2 cm³/mol. The SMILES string of the molecule is CC(C)(C)C(N)C(=O)N[C@H]1CN[C@@](CCCCB(O)O)(C(=O)O)C1. The summed E-state index contributed by atoms with van der Waals surface area (Å²) >= 11 is 0. The van der Waals surface area contributed by atoms with Crippen LogP contribution in [-0.2, 0) is 9.59 Å². The molecule has 0 spiro atoms. The van der Waals surface area contributed by atoms with Crippen molar-refractivity contribution in [1.82, 2.24) is 10.6 Å². The minimum absolute atomic E-state index is 0.219.